The van der Waals surface area contributed by atoms with E-state index in [9.17, 15) is 14.7 Å². The third-order valence-corrected chi connectivity index (χ3v) is 6.81. The highest BCUT2D eigenvalue weighted by Crippen LogP contribution is 2.26. The lowest BCUT2D eigenvalue weighted by Gasteiger charge is -2.13. The van der Waals surface area contributed by atoms with Gasteiger partial charge in [-0.05, 0) is 54.1 Å². The molecular formula is C27H23N7O3S. The maximum Gasteiger partial charge on any atom is 0.265 e. The molecule has 3 aromatic carbocycles. The quantitative estimate of drug-likeness (QED) is 0.189. The molecule has 5 aromatic rings. The number of aryl methyl sites for hydroxylation is 2. The summed E-state index contributed by atoms with van der Waals surface area (Å²) >= 11 is 1.17. The summed E-state index contributed by atoms with van der Waals surface area (Å²) in [6.45, 7) is 3.89. The zero-order valence-corrected chi connectivity index (χ0v) is 21.4. The molecule has 5 rings (SSSR count). The number of para-hydroxylation sites is 1. The molecule has 190 valence electrons. The molecule has 0 aliphatic heterocycles. The number of amides is 1. The van der Waals surface area contributed by atoms with Gasteiger partial charge < -0.3 is 5.11 Å². The summed E-state index contributed by atoms with van der Waals surface area (Å²) in [6.07, 6.45) is 1.34. The van der Waals surface area contributed by atoms with E-state index >= 15 is 0 Å². The Morgan fingerprint density at radius 1 is 1.03 bits per heavy atom. The topological polar surface area (TPSA) is 127 Å². The van der Waals surface area contributed by atoms with Crippen LogP contribution in [0.1, 0.15) is 16.7 Å². The molecule has 2 heterocycles. The van der Waals surface area contributed by atoms with Gasteiger partial charge in [-0.15, -0.1) is 5.10 Å². The lowest BCUT2D eigenvalue weighted by atomic mass is 10.1. The Hall–Kier alpha value is -4.77. The molecular weight excluding hydrogens is 502 g/mol. The maximum absolute atomic E-state index is 13.2. The Morgan fingerprint density at radius 3 is 2.50 bits per heavy atom. The number of hydrogen-bond donors (Lipinski definition) is 2. The van der Waals surface area contributed by atoms with Crippen molar-refractivity contribution in [3.8, 4) is 17.3 Å². The predicted octanol–water partition coefficient (Wildman–Crippen LogP) is 3.53. The van der Waals surface area contributed by atoms with Gasteiger partial charge in [0.1, 0.15) is 0 Å². The number of carbonyl (C=O) groups excluding carboxylic acids is 1. The Kier molecular flexibility index (Phi) is 7.00. The van der Waals surface area contributed by atoms with E-state index in [0.29, 0.717) is 27.2 Å². The zero-order chi connectivity index (χ0) is 26.6. The zero-order valence-electron chi connectivity index (χ0n) is 20.6. The lowest BCUT2D eigenvalue weighted by Crippen LogP contribution is -2.22. The first kappa shape index (κ1) is 24.9. The third-order valence-electron chi connectivity index (χ3n) is 5.90. The number of thioether (sulfide) groups is 1. The Bertz CT molecular complexity index is 1730. The van der Waals surface area contributed by atoms with Crippen LogP contribution in [0.2, 0.25) is 0 Å². The Balaban J connectivity index is 1.36. The average Bonchev–Trinajstić information content (AvgIpc) is 3.39. The van der Waals surface area contributed by atoms with Gasteiger partial charge in [-0.1, -0.05) is 65.9 Å². The number of carbonyl (C=O) groups is 1. The number of pyridine rings is 1. The number of benzene rings is 3. The van der Waals surface area contributed by atoms with Crippen LogP contribution < -0.4 is 11.0 Å². The van der Waals surface area contributed by atoms with Gasteiger partial charge in [0.15, 0.2) is 0 Å². The number of tetrazole rings is 1. The van der Waals surface area contributed by atoms with Crippen molar-refractivity contribution in [2.24, 2.45) is 5.10 Å². The van der Waals surface area contributed by atoms with E-state index in [1.165, 1.54) is 22.5 Å². The number of aromatic nitrogens is 5. The van der Waals surface area contributed by atoms with E-state index < -0.39 is 0 Å². The maximum atomic E-state index is 13.2. The van der Waals surface area contributed by atoms with Gasteiger partial charge in [0.05, 0.1) is 28.9 Å². The van der Waals surface area contributed by atoms with Crippen LogP contribution in [0.4, 0.5) is 0 Å². The highest BCUT2D eigenvalue weighted by molar-refractivity contribution is 7.99. The van der Waals surface area contributed by atoms with E-state index in [4.69, 9.17) is 0 Å². The van der Waals surface area contributed by atoms with Gasteiger partial charge in [-0.3, -0.25) is 9.59 Å². The molecule has 0 saturated carbocycles. The van der Waals surface area contributed by atoms with Crippen molar-refractivity contribution in [3.63, 3.8) is 0 Å². The van der Waals surface area contributed by atoms with Crippen LogP contribution in [0.25, 0.3) is 22.1 Å². The number of nitrogens with zero attached hydrogens (tertiary/aromatic N) is 6. The van der Waals surface area contributed by atoms with Crippen LogP contribution in [0.5, 0.6) is 5.88 Å². The van der Waals surface area contributed by atoms with Gasteiger partial charge in [0.25, 0.3) is 11.5 Å². The number of nitrogens with one attached hydrogen (secondary N) is 1. The van der Waals surface area contributed by atoms with Crippen LogP contribution in [0, 0.1) is 13.8 Å². The molecule has 0 unspecified atom stereocenters. The molecule has 10 nitrogen and oxygen atoms in total. The highest BCUT2D eigenvalue weighted by atomic mass is 32.2. The fraction of sp³-hybridized carbons (Fsp3) is 0.111. The van der Waals surface area contributed by atoms with E-state index in [1.54, 1.807) is 41.1 Å². The summed E-state index contributed by atoms with van der Waals surface area (Å²) in [5, 5.41) is 28.3. The normalized spacial score (nSPS) is 11.3. The van der Waals surface area contributed by atoms with Crippen LogP contribution in [0.15, 0.2) is 87.8 Å². The van der Waals surface area contributed by atoms with Crippen molar-refractivity contribution in [2.45, 2.75) is 19.0 Å². The molecule has 0 bridgehead atoms. The second kappa shape index (κ2) is 10.7. The third kappa shape index (κ3) is 4.91. The SMILES string of the molecule is Cc1ccc(-n2c(O)c(/C=N/NC(=O)CSc3nnnn3-c3ccccc3C)c3ccccc3c2=O)cc1. The molecule has 0 spiro atoms. The van der Waals surface area contributed by atoms with Crippen molar-refractivity contribution in [1.29, 1.82) is 0 Å². The van der Waals surface area contributed by atoms with Crippen LogP contribution in [0.3, 0.4) is 0 Å². The molecule has 1 amide bonds. The largest absolute Gasteiger partial charge is 0.494 e. The number of aromatic hydroxyl groups is 1. The van der Waals surface area contributed by atoms with Crippen LogP contribution in [-0.4, -0.2) is 47.8 Å². The molecule has 0 aliphatic rings. The molecule has 0 radical (unpaired) electrons. The second-order valence-electron chi connectivity index (χ2n) is 8.50. The summed E-state index contributed by atoms with van der Waals surface area (Å²) in [6, 6.07) is 21.8. The van der Waals surface area contributed by atoms with Gasteiger partial charge in [-0.25, -0.2) is 9.99 Å². The Morgan fingerprint density at radius 2 is 1.74 bits per heavy atom. The fourth-order valence-corrected chi connectivity index (χ4v) is 4.65. The van der Waals surface area contributed by atoms with E-state index in [-0.39, 0.29) is 23.1 Å². The minimum Gasteiger partial charge on any atom is -0.494 e. The van der Waals surface area contributed by atoms with Crippen LogP contribution >= 0.6 is 11.8 Å². The number of hydrazone groups is 1. The van der Waals surface area contributed by atoms with Crippen molar-refractivity contribution in [2.75, 3.05) is 5.75 Å². The number of rotatable bonds is 7. The summed E-state index contributed by atoms with van der Waals surface area (Å²) in [5.74, 6) is -0.650. The minimum absolute atomic E-state index is 0.0131. The van der Waals surface area contributed by atoms with Crippen molar-refractivity contribution >= 4 is 34.7 Å². The monoisotopic (exact) mass is 525 g/mol. The first-order valence-corrected chi connectivity index (χ1v) is 12.7. The fourth-order valence-electron chi connectivity index (χ4n) is 3.98. The van der Waals surface area contributed by atoms with Gasteiger partial charge in [0.2, 0.25) is 11.0 Å². The molecule has 0 fully saturated rings. The lowest BCUT2D eigenvalue weighted by molar-refractivity contribution is -0.118. The first-order valence-electron chi connectivity index (χ1n) is 11.7. The predicted molar refractivity (Wildman–Crippen MR) is 146 cm³/mol. The standard InChI is InChI=1S/C27H23N7O3S/c1-17-11-13-19(14-12-17)33-25(36)21-9-5-4-8-20(21)22(26(33)37)15-28-29-24(35)16-38-27-30-31-32-34(27)23-10-6-3-7-18(23)2/h3-15,37H,16H2,1-2H3,(H,29,35)/b28-15+. The van der Waals surface area contributed by atoms with Gasteiger partial charge in [0, 0.05) is 10.8 Å². The average molecular weight is 526 g/mol. The summed E-state index contributed by atoms with van der Waals surface area (Å²) in [4.78, 5) is 25.7. The molecule has 11 heteroatoms. The molecule has 0 atom stereocenters. The number of hydrogen-bond acceptors (Lipinski definition) is 8. The van der Waals surface area contributed by atoms with E-state index in [2.05, 4.69) is 26.1 Å². The molecule has 2 aromatic heterocycles. The molecule has 38 heavy (non-hydrogen) atoms. The highest BCUT2D eigenvalue weighted by Gasteiger charge is 2.17. The van der Waals surface area contributed by atoms with Crippen molar-refractivity contribution in [3.05, 3.63) is 99.8 Å². The second-order valence-corrected chi connectivity index (χ2v) is 9.44. The minimum atomic E-state index is -0.388. The van der Waals surface area contributed by atoms with Crippen molar-refractivity contribution in [1.82, 2.24) is 30.2 Å². The molecule has 0 aliphatic carbocycles. The smallest absolute Gasteiger partial charge is 0.265 e. The van der Waals surface area contributed by atoms with Gasteiger partial charge in [-0.2, -0.15) is 9.78 Å². The van der Waals surface area contributed by atoms with Gasteiger partial charge >= 0.3 is 0 Å². The summed E-state index contributed by atoms with van der Waals surface area (Å²) in [5.41, 5.74) is 5.78. The van der Waals surface area contributed by atoms with Crippen LogP contribution in [-0.2, 0) is 4.79 Å². The number of fused-ring (bicyclic) bond motifs is 1. The van der Waals surface area contributed by atoms with E-state index in [0.717, 1.165) is 16.8 Å². The van der Waals surface area contributed by atoms with Crippen molar-refractivity contribution < 1.29 is 9.90 Å². The molecule has 0 saturated heterocycles. The van der Waals surface area contributed by atoms with E-state index in [1.807, 2.05) is 50.2 Å². The molecule has 2 N–H and O–H groups in total. The Labute approximate surface area is 221 Å². The summed E-state index contributed by atoms with van der Waals surface area (Å²) < 4.78 is 2.81. The summed E-state index contributed by atoms with van der Waals surface area (Å²) in [7, 11) is 0. The first-order chi connectivity index (χ1) is 18.4.